The van der Waals surface area contributed by atoms with Gasteiger partial charge in [-0.1, -0.05) is 54.1 Å². The molecule has 0 aliphatic rings. The van der Waals surface area contributed by atoms with Crippen LogP contribution in [0, 0.1) is 23.0 Å². The Kier molecular flexibility index (Phi) is 8.11. The molecule has 0 saturated heterocycles. The molecule has 222 valence electrons. The number of hydrogen-bond donors (Lipinski definition) is 1. The number of hydrogen-bond acceptors (Lipinski definition) is 3. The molecular formula is C35H19ClF4N2O2S. The highest BCUT2D eigenvalue weighted by molar-refractivity contribution is 7.98. The Labute approximate surface area is 263 Å². The first-order valence-corrected chi connectivity index (χ1v) is 14.5. The van der Waals surface area contributed by atoms with Crippen molar-refractivity contribution in [1.82, 2.24) is 3.97 Å². The Morgan fingerprint density at radius 1 is 0.867 bits per heavy atom. The average molecular weight is 643 g/mol. The zero-order valence-electron chi connectivity index (χ0n) is 22.9. The number of rotatable bonds is 7. The van der Waals surface area contributed by atoms with Gasteiger partial charge in [-0.25, -0.2) is 22.4 Å². The number of carbonyl (C=O) groups is 1. The van der Waals surface area contributed by atoms with Crippen LogP contribution in [0.1, 0.15) is 27.9 Å². The number of nitrogens with zero attached hydrogens (tertiary/aromatic N) is 2. The molecule has 0 aliphatic heterocycles. The molecule has 1 N–H and O–H groups in total. The van der Waals surface area contributed by atoms with Gasteiger partial charge in [0, 0.05) is 43.1 Å². The van der Waals surface area contributed by atoms with E-state index in [1.165, 1.54) is 72.8 Å². The molecule has 0 bridgehead atoms. The van der Waals surface area contributed by atoms with Gasteiger partial charge in [-0.3, -0.25) is 3.97 Å². The predicted molar refractivity (Wildman–Crippen MR) is 168 cm³/mol. The number of carboxylic acid groups (broad SMARTS) is 1. The summed E-state index contributed by atoms with van der Waals surface area (Å²) in [5, 5.41) is 19.9. The minimum atomic E-state index is -2.65. The maximum atomic E-state index is 15.7. The van der Waals surface area contributed by atoms with E-state index in [0.29, 0.717) is 38.2 Å². The maximum absolute atomic E-state index is 15.7. The van der Waals surface area contributed by atoms with Crippen molar-refractivity contribution in [2.24, 2.45) is 0 Å². The van der Waals surface area contributed by atoms with Crippen LogP contribution in [0.25, 0.3) is 44.4 Å². The fourth-order valence-corrected chi connectivity index (χ4v) is 6.52. The molecule has 4 nitrogen and oxygen atoms in total. The predicted octanol–water partition coefficient (Wildman–Crippen LogP) is 10.6. The van der Waals surface area contributed by atoms with Gasteiger partial charge in [0.1, 0.15) is 11.6 Å². The maximum Gasteiger partial charge on any atom is 0.335 e. The van der Waals surface area contributed by atoms with Crippen LogP contribution in [0.15, 0.2) is 108 Å². The molecule has 0 fully saturated rings. The lowest BCUT2D eigenvalue weighted by Crippen LogP contribution is -1.97. The summed E-state index contributed by atoms with van der Waals surface area (Å²) < 4.78 is 58.8. The van der Waals surface area contributed by atoms with Crippen LogP contribution in [0.5, 0.6) is 0 Å². The molecule has 45 heavy (non-hydrogen) atoms. The van der Waals surface area contributed by atoms with E-state index in [-0.39, 0.29) is 32.8 Å². The van der Waals surface area contributed by atoms with Crippen LogP contribution in [0.3, 0.4) is 0 Å². The molecule has 6 aromatic rings. The molecule has 1 aromatic heterocycles. The first-order valence-electron chi connectivity index (χ1n) is 13.4. The van der Waals surface area contributed by atoms with E-state index < -0.39 is 24.0 Å². The minimum Gasteiger partial charge on any atom is -0.478 e. The number of fused-ring (bicyclic) bond motifs is 1. The number of nitriles is 1. The van der Waals surface area contributed by atoms with Gasteiger partial charge in [-0.15, -0.1) is 0 Å². The van der Waals surface area contributed by atoms with Gasteiger partial charge in [-0.2, -0.15) is 5.26 Å². The normalized spacial score (nSPS) is 11.2. The molecule has 6 rings (SSSR count). The highest BCUT2D eigenvalue weighted by Crippen LogP contribution is 2.47. The largest absolute Gasteiger partial charge is 0.478 e. The number of halogens is 5. The quantitative estimate of drug-likeness (QED) is 0.176. The number of aromatic carboxylic acids is 1. The number of carboxylic acids is 1. The Morgan fingerprint density at radius 2 is 1.60 bits per heavy atom. The highest BCUT2D eigenvalue weighted by Gasteiger charge is 2.26. The lowest BCUT2D eigenvalue weighted by Gasteiger charge is -2.15. The number of alkyl halides is 2. The topological polar surface area (TPSA) is 66.0 Å². The zero-order chi connectivity index (χ0) is 31.8. The van der Waals surface area contributed by atoms with Gasteiger partial charge >= 0.3 is 5.97 Å². The van der Waals surface area contributed by atoms with Crippen molar-refractivity contribution in [3.8, 4) is 39.6 Å². The van der Waals surface area contributed by atoms with Crippen LogP contribution in [0.4, 0.5) is 17.6 Å². The SMILES string of the molecule is N#Cc1cccc(F)c1-c1c(-c2cccc(-c3ccc(C(=O)O)cc3Cl)c2)n(Sc2ccc(C(F)F)cc2)c2ccc(F)cc12. The summed E-state index contributed by atoms with van der Waals surface area (Å²) in [6.07, 6.45) is -2.65. The van der Waals surface area contributed by atoms with Gasteiger partial charge in [0.15, 0.2) is 0 Å². The number of benzene rings is 5. The molecule has 0 atom stereocenters. The Bertz CT molecular complexity index is 2160. The fourth-order valence-electron chi connectivity index (χ4n) is 5.21. The van der Waals surface area contributed by atoms with Crippen molar-refractivity contribution in [2.75, 3.05) is 0 Å². The summed E-state index contributed by atoms with van der Waals surface area (Å²) in [6.45, 7) is 0. The van der Waals surface area contributed by atoms with E-state index in [1.54, 1.807) is 34.3 Å². The Morgan fingerprint density at radius 3 is 2.29 bits per heavy atom. The van der Waals surface area contributed by atoms with Crippen LogP contribution in [-0.2, 0) is 0 Å². The second kappa shape index (κ2) is 12.2. The molecule has 0 aliphatic carbocycles. The van der Waals surface area contributed by atoms with E-state index in [9.17, 15) is 28.3 Å². The third-order valence-corrected chi connectivity index (χ3v) is 8.62. The van der Waals surface area contributed by atoms with E-state index >= 15 is 4.39 Å². The van der Waals surface area contributed by atoms with Crippen LogP contribution in [0.2, 0.25) is 5.02 Å². The third-order valence-electron chi connectivity index (χ3n) is 7.26. The molecule has 0 unspecified atom stereocenters. The summed E-state index contributed by atoms with van der Waals surface area (Å²) in [6, 6.07) is 27.3. The van der Waals surface area contributed by atoms with Crippen LogP contribution < -0.4 is 0 Å². The van der Waals surface area contributed by atoms with Crippen molar-refractivity contribution in [1.29, 1.82) is 5.26 Å². The summed E-state index contributed by atoms with van der Waals surface area (Å²) in [4.78, 5) is 12.0. The first-order chi connectivity index (χ1) is 21.7. The summed E-state index contributed by atoms with van der Waals surface area (Å²) in [7, 11) is 0. The van der Waals surface area contributed by atoms with Crippen molar-refractivity contribution in [3.05, 3.63) is 136 Å². The van der Waals surface area contributed by atoms with Gasteiger partial charge in [0.2, 0.25) is 0 Å². The molecule has 5 aromatic carbocycles. The highest BCUT2D eigenvalue weighted by atomic mass is 35.5. The van der Waals surface area contributed by atoms with Crippen molar-refractivity contribution in [2.45, 2.75) is 11.3 Å². The summed E-state index contributed by atoms with van der Waals surface area (Å²) >= 11 is 7.66. The molecule has 0 saturated carbocycles. The molecule has 0 radical (unpaired) electrons. The standard InChI is InChI=1S/C35H19ClF4N2O2S/c36-28-16-22(35(43)44)9-13-26(28)20-3-1-4-21(15-20)33-32(31-23(18-41)5-2-6-29(31)38)27-17-24(37)10-14-30(27)42(33)45-25-11-7-19(8-12-25)34(39)40/h1-17,34H,(H,43,44). The average Bonchev–Trinajstić information content (AvgIpc) is 3.33. The second-order valence-electron chi connectivity index (χ2n) is 10.00. The lowest BCUT2D eigenvalue weighted by atomic mass is 9.93. The van der Waals surface area contributed by atoms with Gasteiger partial charge in [0.25, 0.3) is 6.43 Å². The summed E-state index contributed by atoms with van der Waals surface area (Å²) in [5.41, 5.74) is 2.75. The molecule has 0 amide bonds. The zero-order valence-corrected chi connectivity index (χ0v) is 24.5. The first kappa shape index (κ1) is 30.0. The van der Waals surface area contributed by atoms with Crippen molar-refractivity contribution in [3.63, 3.8) is 0 Å². The van der Waals surface area contributed by atoms with Crippen LogP contribution >= 0.6 is 23.5 Å². The molecule has 0 spiro atoms. The van der Waals surface area contributed by atoms with Crippen molar-refractivity contribution < 1.29 is 27.5 Å². The van der Waals surface area contributed by atoms with Gasteiger partial charge in [-0.05, 0) is 78.2 Å². The second-order valence-corrected chi connectivity index (χ2v) is 11.4. The Hall–Kier alpha value is -5.04. The van der Waals surface area contributed by atoms with E-state index in [1.807, 2.05) is 6.07 Å². The fraction of sp³-hybridized carbons (Fsp3) is 0.0286. The summed E-state index contributed by atoms with van der Waals surface area (Å²) in [5.74, 6) is -2.39. The smallest absolute Gasteiger partial charge is 0.335 e. The molecular weight excluding hydrogens is 624 g/mol. The van der Waals surface area contributed by atoms with E-state index in [4.69, 9.17) is 11.6 Å². The third kappa shape index (κ3) is 5.66. The minimum absolute atomic E-state index is 0.0159. The van der Waals surface area contributed by atoms with Crippen molar-refractivity contribution >= 4 is 40.4 Å². The van der Waals surface area contributed by atoms with Crippen LogP contribution in [-0.4, -0.2) is 15.0 Å². The Balaban J connectivity index is 1.66. The monoisotopic (exact) mass is 642 g/mol. The van der Waals surface area contributed by atoms with E-state index in [2.05, 4.69) is 0 Å². The van der Waals surface area contributed by atoms with Gasteiger partial charge < -0.3 is 5.11 Å². The number of aromatic nitrogens is 1. The lowest BCUT2D eigenvalue weighted by molar-refractivity contribution is 0.0697. The molecule has 1 heterocycles. The molecule has 10 heteroatoms. The van der Waals surface area contributed by atoms with E-state index in [0.717, 1.165) is 11.9 Å². The van der Waals surface area contributed by atoms with Gasteiger partial charge in [0.05, 0.1) is 28.4 Å².